The Labute approximate surface area is 161 Å². The largest absolute Gasteiger partial charge is 0.324 e. The van der Waals surface area contributed by atoms with Gasteiger partial charge in [0.2, 0.25) is 5.95 Å². The van der Waals surface area contributed by atoms with Crippen LogP contribution < -0.4 is 10.6 Å². The Bertz CT molecular complexity index is 912. The summed E-state index contributed by atoms with van der Waals surface area (Å²) >= 11 is 11.9. The molecule has 0 saturated carbocycles. The van der Waals surface area contributed by atoms with Crippen molar-refractivity contribution in [2.45, 2.75) is 13.3 Å². The van der Waals surface area contributed by atoms with Gasteiger partial charge in [-0.05, 0) is 42.3 Å². The molecule has 0 bridgehead atoms. The van der Waals surface area contributed by atoms with Gasteiger partial charge in [-0.25, -0.2) is 9.97 Å². The average Bonchev–Trinajstić information content (AvgIpc) is 2.66. The van der Waals surface area contributed by atoms with E-state index in [9.17, 15) is 4.79 Å². The van der Waals surface area contributed by atoms with Crippen LogP contribution in [0.25, 0.3) is 0 Å². The van der Waals surface area contributed by atoms with Crippen molar-refractivity contribution >= 4 is 46.4 Å². The lowest BCUT2D eigenvalue weighted by molar-refractivity contribution is 0.102. The Morgan fingerprint density at radius 3 is 2.23 bits per heavy atom. The van der Waals surface area contributed by atoms with Gasteiger partial charge in [0, 0.05) is 23.8 Å². The number of benzene rings is 2. The number of carbonyl (C=O) groups excluding carboxylic acids is 1. The number of anilines is 3. The maximum atomic E-state index is 12.3. The Hall–Kier alpha value is -2.63. The summed E-state index contributed by atoms with van der Waals surface area (Å²) in [5.41, 5.74) is 3.01. The van der Waals surface area contributed by atoms with Crippen molar-refractivity contribution < 1.29 is 4.79 Å². The predicted octanol–water partition coefficient (Wildman–Crippen LogP) is 5.34. The van der Waals surface area contributed by atoms with Crippen LogP contribution in [0.4, 0.5) is 17.3 Å². The molecule has 3 aromatic rings. The van der Waals surface area contributed by atoms with Crippen molar-refractivity contribution in [2.24, 2.45) is 0 Å². The van der Waals surface area contributed by atoms with Gasteiger partial charge in [0.05, 0.1) is 15.6 Å². The standard InChI is InChI=1S/C19H16Cl2N4O/c1-2-12-3-5-14(6-4-12)24-18(26)13-10-22-19(23-11-13)25-15-7-8-16(20)17(21)9-15/h3-11H,2H2,1H3,(H,24,26)(H,22,23,25). The summed E-state index contributed by atoms with van der Waals surface area (Å²) in [5.74, 6) is 0.0857. The number of aromatic nitrogens is 2. The van der Waals surface area contributed by atoms with E-state index < -0.39 is 0 Å². The van der Waals surface area contributed by atoms with Crippen LogP contribution in [0.3, 0.4) is 0 Å². The quantitative estimate of drug-likeness (QED) is 0.620. The van der Waals surface area contributed by atoms with Crippen molar-refractivity contribution in [1.82, 2.24) is 9.97 Å². The molecule has 0 saturated heterocycles. The Morgan fingerprint density at radius 2 is 1.62 bits per heavy atom. The van der Waals surface area contributed by atoms with Gasteiger partial charge >= 0.3 is 0 Å². The van der Waals surface area contributed by atoms with E-state index in [-0.39, 0.29) is 5.91 Å². The van der Waals surface area contributed by atoms with Crippen LogP contribution >= 0.6 is 23.2 Å². The minimum absolute atomic E-state index is 0.268. The van der Waals surface area contributed by atoms with E-state index in [0.717, 1.165) is 12.1 Å². The maximum Gasteiger partial charge on any atom is 0.258 e. The molecule has 26 heavy (non-hydrogen) atoms. The van der Waals surface area contributed by atoms with Gasteiger partial charge in [0.15, 0.2) is 0 Å². The molecule has 0 aliphatic rings. The summed E-state index contributed by atoms with van der Waals surface area (Å²) in [6.07, 6.45) is 3.88. The molecule has 1 amide bonds. The van der Waals surface area contributed by atoms with E-state index in [0.29, 0.717) is 27.2 Å². The molecule has 2 N–H and O–H groups in total. The zero-order valence-corrected chi connectivity index (χ0v) is 15.5. The van der Waals surface area contributed by atoms with E-state index in [1.54, 1.807) is 18.2 Å². The summed E-state index contributed by atoms with van der Waals surface area (Å²) in [6, 6.07) is 12.8. The highest BCUT2D eigenvalue weighted by Crippen LogP contribution is 2.26. The monoisotopic (exact) mass is 386 g/mol. The number of nitrogens with zero attached hydrogens (tertiary/aromatic N) is 2. The van der Waals surface area contributed by atoms with E-state index in [1.807, 2.05) is 24.3 Å². The highest BCUT2D eigenvalue weighted by molar-refractivity contribution is 6.42. The Balaban J connectivity index is 1.66. The van der Waals surface area contributed by atoms with Crippen LogP contribution in [-0.4, -0.2) is 15.9 Å². The lowest BCUT2D eigenvalue weighted by Gasteiger charge is -2.08. The van der Waals surface area contributed by atoms with Crippen LogP contribution in [-0.2, 0) is 6.42 Å². The highest BCUT2D eigenvalue weighted by atomic mass is 35.5. The van der Waals surface area contributed by atoms with Crippen molar-refractivity contribution in [3.63, 3.8) is 0 Å². The minimum Gasteiger partial charge on any atom is -0.324 e. The van der Waals surface area contributed by atoms with Crippen LogP contribution in [0.1, 0.15) is 22.8 Å². The van der Waals surface area contributed by atoms with Gasteiger partial charge in [-0.3, -0.25) is 4.79 Å². The summed E-state index contributed by atoms with van der Waals surface area (Å²) < 4.78 is 0. The average molecular weight is 387 g/mol. The molecular weight excluding hydrogens is 371 g/mol. The van der Waals surface area contributed by atoms with Gasteiger partial charge < -0.3 is 10.6 Å². The maximum absolute atomic E-state index is 12.3. The summed E-state index contributed by atoms with van der Waals surface area (Å²) in [6.45, 7) is 2.08. The SMILES string of the molecule is CCc1ccc(NC(=O)c2cnc(Nc3ccc(Cl)c(Cl)c3)nc2)cc1. The number of amides is 1. The first-order valence-electron chi connectivity index (χ1n) is 7.99. The van der Waals surface area contributed by atoms with Gasteiger partial charge in [-0.2, -0.15) is 0 Å². The lowest BCUT2D eigenvalue weighted by atomic mass is 10.1. The van der Waals surface area contributed by atoms with Crippen molar-refractivity contribution in [2.75, 3.05) is 10.6 Å². The first kappa shape index (κ1) is 18.2. The molecule has 1 heterocycles. The molecule has 0 fully saturated rings. The number of nitrogens with one attached hydrogen (secondary N) is 2. The van der Waals surface area contributed by atoms with Gasteiger partial charge in [-0.1, -0.05) is 42.3 Å². The highest BCUT2D eigenvalue weighted by Gasteiger charge is 2.08. The molecule has 0 radical (unpaired) electrons. The zero-order chi connectivity index (χ0) is 18.5. The van der Waals surface area contributed by atoms with E-state index in [1.165, 1.54) is 18.0 Å². The number of hydrogen-bond donors (Lipinski definition) is 2. The normalized spacial score (nSPS) is 10.4. The van der Waals surface area contributed by atoms with Crippen molar-refractivity contribution in [1.29, 1.82) is 0 Å². The molecule has 0 aliphatic heterocycles. The summed E-state index contributed by atoms with van der Waals surface area (Å²) in [7, 11) is 0. The van der Waals surface area contributed by atoms with Gasteiger partial charge in [0.1, 0.15) is 0 Å². The predicted molar refractivity (Wildman–Crippen MR) is 106 cm³/mol. The molecule has 1 aromatic heterocycles. The number of carbonyl (C=O) groups is 1. The van der Waals surface area contributed by atoms with E-state index in [2.05, 4.69) is 27.5 Å². The van der Waals surface area contributed by atoms with E-state index in [4.69, 9.17) is 23.2 Å². The molecular formula is C19H16Cl2N4O. The third-order valence-electron chi connectivity index (χ3n) is 3.71. The first-order chi connectivity index (χ1) is 12.5. The van der Waals surface area contributed by atoms with Crippen molar-refractivity contribution in [3.8, 4) is 0 Å². The third kappa shape index (κ3) is 4.50. The smallest absolute Gasteiger partial charge is 0.258 e. The Morgan fingerprint density at radius 1 is 0.962 bits per heavy atom. The summed E-state index contributed by atoms with van der Waals surface area (Å²) in [4.78, 5) is 20.6. The fourth-order valence-electron chi connectivity index (χ4n) is 2.24. The number of rotatable bonds is 5. The van der Waals surface area contributed by atoms with Crippen LogP contribution in [0.2, 0.25) is 10.0 Å². The third-order valence-corrected chi connectivity index (χ3v) is 4.45. The van der Waals surface area contributed by atoms with Crippen LogP contribution in [0.5, 0.6) is 0 Å². The topological polar surface area (TPSA) is 66.9 Å². The molecule has 3 rings (SSSR count). The molecule has 0 spiro atoms. The fourth-order valence-corrected chi connectivity index (χ4v) is 2.54. The molecule has 7 heteroatoms. The molecule has 0 aliphatic carbocycles. The summed E-state index contributed by atoms with van der Waals surface area (Å²) in [5, 5.41) is 6.73. The molecule has 0 unspecified atom stereocenters. The second-order valence-corrected chi connectivity index (χ2v) is 6.37. The lowest BCUT2D eigenvalue weighted by Crippen LogP contribution is -2.13. The van der Waals surface area contributed by atoms with Gasteiger partial charge in [-0.15, -0.1) is 0 Å². The molecule has 2 aromatic carbocycles. The first-order valence-corrected chi connectivity index (χ1v) is 8.75. The fraction of sp³-hybridized carbons (Fsp3) is 0.105. The molecule has 5 nitrogen and oxygen atoms in total. The number of aryl methyl sites for hydroxylation is 1. The zero-order valence-electron chi connectivity index (χ0n) is 14.0. The minimum atomic E-state index is -0.268. The van der Waals surface area contributed by atoms with Gasteiger partial charge in [0.25, 0.3) is 5.91 Å². The second kappa shape index (κ2) is 8.17. The number of halogens is 2. The van der Waals surface area contributed by atoms with E-state index >= 15 is 0 Å². The van der Waals surface area contributed by atoms with Crippen molar-refractivity contribution in [3.05, 3.63) is 76.0 Å². The van der Waals surface area contributed by atoms with Crippen LogP contribution in [0, 0.1) is 0 Å². The Kier molecular flexibility index (Phi) is 5.71. The molecule has 0 atom stereocenters. The second-order valence-electron chi connectivity index (χ2n) is 5.55. The van der Waals surface area contributed by atoms with Crippen LogP contribution in [0.15, 0.2) is 54.9 Å². The molecule has 132 valence electrons. The number of hydrogen-bond acceptors (Lipinski definition) is 4.